The van der Waals surface area contributed by atoms with E-state index in [9.17, 15) is 4.79 Å². The summed E-state index contributed by atoms with van der Waals surface area (Å²) < 4.78 is 7.82. The highest BCUT2D eigenvalue weighted by Gasteiger charge is 2.28. The number of rotatable bonds is 7. The smallest absolute Gasteiger partial charge is 0.221 e. The molecule has 0 aliphatic carbocycles. The Hall–Kier alpha value is -1.55. The SMILES string of the molecule is CC(C)(CNC(=O)CCn1c(-c2cccs2)n[nH]c1=S)N1CCOCC1. The van der Waals surface area contributed by atoms with Crippen LogP contribution in [0.1, 0.15) is 20.3 Å². The third-order valence-corrected chi connectivity index (χ3v) is 5.83. The van der Waals surface area contributed by atoms with Crippen molar-refractivity contribution in [1.29, 1.82) is 0 Å². The fraction of sp³-hybridized carbons (Fsp3) is 0.588. The number of morpholine rings is 1. The Balaban J connectivity index is 1.53. The van der Waals surface area contributed by atoms with Crippen LogP contribution in [0, 0.1) is 4.77 Å². The second-order valence-electron chi connectivity index (χ2n) is 6.92. The highest BCUT2D eigenvalue weighted by Crippen LogP contribution is 2.23. The van der Waals surface area contributed by atoms with Crippen LogP contribution in [0.5, 0.6) is 0 Å². The third kappa shape index (κ3) is 4.59. The Bertz CT molecular complexity index is 775. The molecule has 142 valence electrons. The minimum absolute atomic E-state index is 0.0200. The molecule has 1 saturated heterocycles. The van der Waals surface area contributed by atoms with Gasteiger partial charge in [0.2, 0.25) is 5.91 Å². The molecule has 1 fully saturated rings. The molecule has 0 radical (unpaired) electrons. The van der Waals surface area contributed by atoms with Crippen molar-refractivity contribution in [3.63, 3.8) is 0 Å². The summed E-state index contributed by atoms with van der Waals surface area (Å²) in [6, 6.07) is 3.97. The van der Waals surface area contributed by atoms with Gasteiger partial charge in [0.05, 0.1) is 18.1 Å². The van der Waals surface area contributed by atoms with Crippen molar-refractivity contribution in [3.05, 3.63) is 22.3 Å². The summed E-state index contributed by atoms with van der Waals surface area (Å²) in [5.74, 6) is 0.804. The minimum Gasteiger partial charge on any atom is -0.379 e. The Kier molecular flexibility index (Phi) is 6.23. The molecule has 0 aromatic carbocycles. The number of nitrogens with one attached hydrogen (secondary N) is 2. The topological polar surface area (TPSA) is 75.2 Å². The summed E-state index contributed by atoms with van der Waals surface area (Å²) in [4.78, 5) is 15.7. The predicted molar refractivity (Wildman–Crippen MR) is 105 cm³/mol. The van der Waals surface area contributed by atoms with Crippen molar-refractivity contribution in [3.8, 4) is 10.7 Å². The Morgan fingerprint density at radius 3 is 2.92 bits per heavy atom. The summed E-state index contributed by atoms with van der Waals surface area (Å²) in [7, 11) is 0. The van der Waals surface area contributed by atoms with E-state index in [0.717, 1.165) is 37.0 Å². The van der Waals surface area contributed by atoms with E-state index in [1.165, 1.54) is 0 Å². The molecule has 1 aliphatic rings. The summed E-state index contributed by atoms with van der Waals surface area (Å²) in [6.07, 6.45) is 0.366. The minimum atomic E-state index is -0.0898. The first kappa shape index (κ1) is 19.2. The molecule has 0 bridgehead atoms. The van der Waals surface area contributed by atoms with Crippen molar-refractivity contribution in [2.45, 2.75) is 32.4 Å². The van der Waals surface area contributed by atoms with Crippen LogP contribution in [0.25, 0.3) is 10.7 Å². The lowest BCUT2D eigenvalue weighted by Gasteiger charge is -2.40. The number of carbonyl (C=O) groups is 1. The molecule has 0 unspecified atom stereocenters. The summed E-state index contributed by atoms with van der Waals surface area (Å²) in [6.45, 7) is 8.73. The van der Waals surface area contributed by atoms with Crippen molar-refractivity contribution < 1.29 is 9.53 Å². The van der Waals surface area contributed by atoms with Crippen molar-refractivity contribution >= 4 is 29.5 Å². The lowest BCUT2D eigenvalue weighted by molar-refractivity contribution is -0.122. The van der Waals surface area contributed by atoms with E-state index in [0.29, 0.717) is 24.3 Å². The van der Waals surface area contributed by atoms with Gasteiger partial charge in [-0.15, -0.1) is 11.3 Å². The van der Waals surface area contributed by atoms with Crippen molar-refractivity contribution in [1.82, 2.24) is 25.0 Å². The summed E-state index contributed by atoms with van der Waals surface area (Å²) in [5.41, 5.74) is -0.0898. The van der Waals surface area contributed by atoms with E-state index in [1.807, 2.05) is 22.1 Å². The molecule has 1 amide bonds. The van der Waals surface area contributed by atoms with E-state index in [2.05, 4.69) is 34.3 Å². The molecule has 3 rings (SSSR count). The standard InChI is InChI=1S/C17H25N5O2S2/c1-17(2,21-7-9-24-10-8-21)12-18-14(23)5-6-22-15(19-20-16(22)25)13-4-3-11-26-13/h3-4,11H,5-10,12H2,1-2H3,(H,18,23)(H,20,25). The van der Waals surface area contributed by atoms with Gasteiger partial charge in [-0.2, -0.15) is 5.10 Å². The van der Waals surface area contributed by atoms with Crippen LogP contribution in [-0.4, -0.2) is 64.0 Å². The zero-order chi connectivity index (χ0) is 18.6. The third-order valence-electron chi connectivity index (χ3n) is 4.65. The van der Waals surface area contributed by atoms with E-state index in [-0.39, 0.29) is 11.4 Å². The van der Waals surface area contributed by atoms with Gasteiger partial charge in [0.1, 0.15) is 0 Å². The van der Waals surface area contributed by atoms with E-state index in [4.69, 9.17) is 17.0 Å². The monoisotopic (exact) mass is 395 g/mol. The Morgan fingerprint density at radius 2 is 2.23 bits per heavy atom. The number of hydrogen-bond acceptors (Lipinski definition) is 6. The number of thiophene rings is 1. The second kappa shape index (κ2) is 8.43. The average Bonchev–Trinajstić information content (AvgIpc) is 3.29. The number of amides is 1. The molecule has 7 nitrogen and oxygen atoms in total. The highest BCUT2D eigenvalue weighted by atomic mass is 32.1. The van der Waals surface area contributed by atoms with Gasteiger partial charge < -0.3 is 10.1 Å². The van der Waals surface area contributed by atoms with Crippen LogP contribution < -0.4 is 5.32 Å². The molecule has 3 heterocycles. The number of aromatic nitrogens is 3. The maximum absolute atomic E-state index is 12.3. The molecule has 9 heteroatoms. The molecule has 0 saturated carbocycles. The van der Waals surface area contributed by atoms with Gasteiger partial charge in [-0.05, 0) is 37.5 Å². The number of nitrogens with zero attached hydrogens (tertiary/aromatic N) is 3. The normalized spacial score (nSPS) is 15.9. The Labute approximate surface area is 162 Å². The van der Waals surface area contributed by atoms with Gasteiger partial charge in [0, 0.05) is 38.1 Å². The molecular weight excluding hydrogens is 370 g/mol. The number of ether oxygens (including phenoxy) is 1. The molecule has 1 aliphatic heterocycles. The van der Waals surface area contributed by atoms with Crippen LogP contribution in [-0.2, 0) is 16.1 Å². The molecule has 0 atom stereocenters. The fourth-order valence-corrected chi connectivity index (χ4v) is 3.96. The molecule has 2 aromatic heterocycles. The highest BCUT2D eigenvalue weighted by molar-refractivity contribution is 7.71. The van der Waals surface area contributed by atoms with Gasteiger partial charge in [0.25, 0.3) is 0 Å². The molecule has 26 heavy (non-hydrogen) atoms. The largest absolute Gasteiger partial charge is 0.379 e. The zero-order valence-electron chi connectivity index (χ0n) is 15.2. The van der Waals surface area contributed by atoms with Crippen molar-refractivity contribution in [2.24, 2.45) is 0 Å². The fourth-order valence-electron chi connectivity index (χ4n) is 3.02. The first-order chi connectivity index (χ1) is 12.5. The Morgan fingerprint density at radius 1 is 1.46 bits per heavy atom. The van der Waals surface area contributed by atoms with Crippen LogP contribution in [0.4, 0.5) is 0 Å². The molecule has 2 N–H and O–H groups in total. The molecular formula is C17H25N5O2S2. The van der Waals surface area contributed by atoms with Gasteiger partial charge in [-0.1, -0.05) is 6.07 Å². The second-order valence-corrected chi connectivity index (χ2v) is 8.25. The first-order valence-corrected chi connectivity index (χ1v) is 10.0. The summed E-state index contributed by atoms with van der Waals surface area (Å²) in [5, 5.41) is 12.2. The van der Waals surface area contributed by atoms with E-state index in [1.54, 1.807) is 11.3 Å². The first-order valence-electron chi connectivity index (χ1n) is 8.76. The van der Waals surface area contributed by atoms with Crippen LogP contribution in [0.2, 0.25) is 0 Å². The maximum Gasteiger partial charge on any atom is 0.221 e. The maximum atomic E-state index is 12.3. The number of H-pyrrole nitrogens is 1. The van der Waals surface area contributed by atoms with Crippen LogP contribution >= 0.6 is 23.6 Å². The predicted octanol–water partition coefficient (Wildman–Crippen LogP) is 2.29. The van der Waals surface area contributed by atoms with Crippen molar-refractivity contribution in [2.75, 3.05) is 32.8 Å². The van der Waals surface area contributed by atoms with E-state index < -0.39 is 0 Å². The van der Waals surface area contributed by atoms with Gasteiger partial charge in [-0.25, -0.2) is 0 Å². The average molecular weight is 396 g/mol. The molecule has 2 aromatic rings. The van der Waals surface area contributed by atoms with Gasteiger partial charge in [0.15, 0.2) is 10.6 Å². The number of carbonyl (C=O) groups excluding carboxylic acids is 1. The van der Waals surface area contributed by atoms with Gasteiger partial charge in [-0.3, -0.25) is 19.4 Å². The quantitative estimate of drug-likeness (QED) is 0.704. The van der Waals surface area contributed by atoms with Crippen LogP contribution in [0.15, 0.2) is 17.5 Å². The van der Waals surface area contributed by atoms with E-state index >= 15 is 0 Å². The van der Waals surface area contributed by atoms with Gasteiger partial charge >= 0.3 is 0 Å². The summed E-state index contributed by atoms with van der Waals surface area (Å²) >= 11 is 6.91. The zero-order valence-corrected chi connectivity index (χ0v) is 16.8. The number of aromatic amines is 1. The number of hydrogen-bond donors (Lipinski definition) is 2. The lowest BCUT2D eigenvalue weighted by atomic mass is 10.0. The molecule has 0 spiro atoms. The van der Waals surface area contributed by atoms with Crippen LogP contribution in [0.3, 0.4) is 0 Å². The lowest BCUT2D eigenvalue weighted by Crippen LogP contribution is -2.55.